The minimum Gasteiger partial charge on any atom is -0.290 e. The second-order valence-electron chi connectivity index (χ2n) is 7.39. The summed E-state index contributed by atoms with van der Waals surface area (Å²) in [6.45, 7) is 1.75. The van der Waals surface area contributed by atoms with Crippen molar-refractivity contribution in [1.82, 2.24) is 9.97 Å². The molecule has 4 rings (SSSR count). The van der Waals surface area contributed by atoms with Crippen molar-refractivity contribution in [3.05, 3.63) is 113 Å². The van der Waals surface area contributed by atoms with E-state index in [1.165, 1.54) is 30.0 Å². The van der Waals surface area contributed by atoms with E-state index in [0.29, 0.717) is 28.2 Å². The maximum atomic E-state index is 12.8. The molecule has 0 bridgehead atoms. The Morgan fingerprint density at radius 2 is 1.46 bits per heavy atom. The van der Waals surface area contributed by atoms with Gasteiger partial charge < -0.3 is 0 Å². The molecular weight excluding hydrogens is 469 g/mol. The number of hydrogen-bond donors (Lipinski definition) is 0. The fraction of sp³-hybridized carbons (Fsp3) is 0.0714. The molecule has 4 aromatic rings. The summed E-state index contributed by atoms with van der Waals surface area (Å²) in [5.41, 5.74) is 1.81. The molecular formula is C28H16F3N2OS. The van der Waals surface area contributed by atoms with Gasteiger partial charge in [0.2, 0.25) is 0 Å². The average Bonchev–Trinajstić information content (AvgIpc) is 2.84. The van der Waals surface area contributed by atoms with Gasteiger partial charge in [-0.3, -0.25) is 5.11 Å². The Morgan fingerprint density at radius 1 is 0.771 bits per heavy atom. The lowest BCUT2D eigenvalue weighted by Crippen LogP contribution is -2.04. The van der Waals surface area contributed by atoms with Crippen LogP contribution in [-0.2, 0) is 11.3 Å². The molecule has 0 atom stereocenters. The molecule has 35 heavy (non-hydrogen) atoms. The predicted octanol–water partition coefficient (Wildman–Crippen LogP) is 6.90. The number of aryl methyl sites for hydroxylation is 1. The Morgan fingerprint density at radius 3 is 2.09 bits per heavy atom. The van der Waals surface area contributed by atoms with Crippen LogP contribution in [0.4, 0.5) is 13.2 Å². The Kier molecular flexibility index (Phi) is 7.10. The number of benzene rings is 2. The molecule has 0 aliphatic heterocycles. The van der Waals surface area contributed by atoms with Crippen LogP contribution in [0.15, 0.2) is 88.8 Å². The van der Waals surface area contributed by atoms with E-state index >= 15 is 0 Å². The van der Waals surface area contributed by atoms with Gasteiger partial charge in [-0.15, -0.1) is 0 Å². The fourth-order valence-corrected chi connectivity index (χ4v) is 3.94. The van der Waals surface area contributed by atoms with Crippen molar-refractivity contribution < 1.29 is 18.3 Å². The number of alkyl halides is 3. The van der Waals surface area contributed by atoms with Crippen LogP contribution in [0.1, 0.15) is 33.8 Å². The number of halogens is 3. The zero-order chi connectivity index (χ0) is 24.8. The number of aromatic nitrogens is 2. The van der Waals surface area contributed by atoms with Crippen LogP contribution in [0.25, 0.3) is 0 Å². The van der Waals surface area contributed by atoms with Gasteiger partial charge in [0.1, 0.15) is 17.1 Å². The molecule has 0 aliphatic rings. The summed E-state index contributed by atoms with van der Waals surface area (Å²) in [5.74, 6) is 11.7. The van der Waals surface area contributed by atoms with Crippen LogP contribution < -0.4 is 0 Å². The standard InChI is InChI=1S/C28H16F3N2OS/c1-19-16-25(13-14-27(19)34)35-26-17-23(10-7-20-5-8-21(9-6-20)28(29,30)31)33-24(18-26)12-11-22-4-2-3-15-32-22/h2-6,8-9,13-18H,1H3. The normalized spacial score (nSPS) is 10.6. The van der Waals surface area contributed by atoms with E-state index in [4.69, 9.17) is 0 Å². The van der Waals surface area contributed by atoms with Gasteiger partial charge in [-0.2, -0.15) is 13.2 Å². The average molecular weight is 486 g/mol. The molecule has 0 aliphatic carbocycles. The first-order valence-corrected chi connectivity index (χ1v) is 11.2. The minimum atomic E-state index is -4.40. The van der Waals surface area contributed by atoms with E-state index in [2.05, 4.69) is 33.6 Å². The van der Waals surface area contributed by atoms with Crippen molar-refractivity contribution in [1.29, 1.82) is 0 Å². The van der Waals surface area contributed by atoms with Crippen molar-refractivity contribution in [2.24, 2.45) is 0 Å². The molecule has 0 fully saturated rings. The van der Waals surface area contributed by atoms with Crippen molar-refractivity contribution in [3.8, 4) is 29.4 Å². The third kappa shape index (κ3) is 6.66. The Hall–Kier alpha value is -4.20. The first-order valence-electron chi connectivity index (χ1n) is 10.4. The first kappa shape index (κ1) is 23.9. The Balaban J connectivity index is 1.68. The molecule has 0 spiro atoms. The smallest absolute Gasteiger partial charge is 0.290 e. The number of nitrogens with zero attached hydrogens (tertiary/aromatic N) is 2. The molecule has 0 unspecified atom stereocenters. The zero-order valence-electron chi connectivity index (χ0n) is 18.4. The van der Waals surface area contributed by atoms with E-state index < -0.39 is 11.7 Å². The number of pyridine rings is 2. The molecule has 3 nitrogen and oxygen atoms in total. The first-order chi connectivity index (χ1) is 16.8. The highest BCUT2D eigenvalue weighted by molar-refractivity contribution is 7.99. The van der Waals surface area contributed by atoms with Gasteiger partial charge in [-0.1, -0.05) is 23.7 Å². The van der Waals surface area contributed by atoms with Gasteiger partial charge in [0.15, 0.2) is 5.75 Å². The van der Waals surface area contributed by atoms with Crippen molar-refractivity contribution >= 4 is 11.8 Å². The summed E-state index contributed by atoms with van der Waals surface area (Å²) in [4.78, 5) is 10.3. The number of hydrogen-bond acceptors (Lipinski definition) is 3. The lowest BCUT2D eigenvalue weighted by Gasteiger charge is -2.05. The van der Waals surface area contributed by atoms with Gasteiger partial charge in [0.05, 0.1) is 5.56 Å². The molecule has 2 aromatic heterocycles. The highest BCUT2D eigenvalue weighted by Crippen LogP contribution is 2.32. The van der Waals surface area contributed by atoms with Crippen molar-refractivity contribution in [3.63, 3.8) is 0 Å². The fourth-order valence-electron chi connectivity index (χ4n) is 2.96. The predicted molar refractivity (Wildman–Crippen MR) is 127 cm³/mol. The maximum Gasteiger partial charge on any atom is 0.416 e. The second-order valence-corrected chi connectivity index (χ2v) is 8.54. The summed E-state index contributed by atoms with van der Waals surface area (Å²) in [5, 5.41) is 11.7. The van der Waals surface area contributed by atoms with E-state index in [-0.39, 0.29) is 5.75 Å². The molecule has 171 valence electrons. The Labute approximate surface area is 205 Å². The van der Waals surface area contributed by atoms with Crippen molar-refractivity contribution in [2.75, 3.05) is 0 Å². The molecule has 1 radical (unpaired) electrons. The van der Waals surface area contributed by atoms with Crippen LogP contribution in [0, 0.1) is 30.6 Å². The van der Waals surface area contributed by atoms with E-state index in [0.717, 1.165) is 21.9 Å². The molecule has 2 heterocycles. The molecule has 2 aromatic carbocycles. The summed E-state index contributed by atoms with van der Waals surface area (Å²) in [6.07, 6.45) is -2.75. The quantitative estimate of drug-likeness (QED) is 0.290. The van der Waals surface area contributed by atoms with Crippen LogP contribution in [0.3, 0.4) is 0 Å². The van der Waals surface area contributed by atoms with Crippen LogP contribution >= 0.6 is 11.8 Å². The lowest BCUT2D eigenvalue weighted by molar-refractivity contribution is -0.137. The SMILES string of the molecule is Cc1cc(Sc2cc(C#Cc3ccc(C(F)(F)F)cc3)nc(C#Cc3ccccn3)c2)ccc1[O]. The summed E-state index contributed by atoms with van der Waals surface area (Å²) in [6, 6.07) is 18.7. The summed E-state index contributed by atoms with van der Waals surface area (Å²) < 4.78 is 38.4. The summed E-state index contributed by atoms with van der Waals surface area (Å²) in [7, 11) is 0. The van der Waals surface area contributed by atoms with Gasteiger partial charge in [0.25, 0.3) is 0 Å². The van der Waals surface area contributed by atoms with E-state index in [1.807, 2.05) is 12.1 Å². The zero-order valence-corrected chi connectivity index (χ0v) is 19.2. The van der Waals surface area contributed by atoms with Crippen LogP contribution in [0.5, 0.6) is 5.75 Å². The molecule has 0 saturated heterocycles. The lowest BCUT2D eigenvalue weighted by atomic mass is 10.1. The molecule has 0 saturated carbocycles. The molecule has 0 N–H and O–H groups in total. The minimum absolute atomic E-state index is 0.0332. The summed E-state index contributed by atoms with van der Waals surface area (Å²) >= 11 is 1.43. The maximum absolute atomic E-state index is 12.8. The van der Waals surface area contributed by atoms with Crippen LogP contribution in [0.2, 0.25) is 0 Å². The van der Waals surface area contributed by atoms with E-state index in [1.54, 1.807) is 43.5 Å². The van der Waals surface area contributed by atoms with Gasteiger partial charge in [0, 0.05) is 21.6 Å². The van der Waals surface area contributed by atoms with E-state index in [9.17, 15) is 18.3 Å². The third-order valence-corrected chi connectivity index (χ3v) is 5.67. The monoisotopic (exact) mass is 485 g/mol. The third-order valence-electron chi connectivity index (χ3n) is 4.71. The van der Waals surface area contributed by atoms with Crippen molar-refractivity contribution in [2.45, 2.75) is 22.9 Å². The van der Waals surface area contributed by atoms with Crippen LogP contribution in [-0.4, -0.2) is 9.97 Å². The Bertz CT molecular complexity index is 1480. The molecule has 0 amide bonds. The molecule has 7 heteroatoms. The van der Waals surface area contributed by atoms with Gasteiger partial charge in [-0.05, 0) is 97.0 Å². The highest BCUT2D eigenvalue weighted by Gasteiger charge is 2.29. The largest absolute Gasteiger partial charge is 0.416 e. The topological polar surface area (TPSA) is 45.7 Å². The van der Waals surface area contributed by atoms with Gasteiger partial charge >= 0.3 is 6.18 Å². The highest BCUT2D eigenvalue weighted by atomic mass is 32.2. The second kappa shape index (κ2) is 10.4. The van der Waals surface area contributed by atoms with Gasteiger partial charge in [-0.25, -0.2) is 9.97 Å². The number of rotatable bonds is 2.